The fourth-order valence-corrected chi connectivity index (χ4v) is 4.91. The van der Waals surface area contributed by atoms with Crippen molar-refractivity contribution in [2.24, 2.45) is 0 Å². The molecule has 180 valence electrons. The van der Waals surface area contributed by atoms with Crippen LogP contribution in [0.3, 0.4) is 0 Å². The van der Waals surface area contributed by atoms with E-state index < -0.39 is 0 Å². The Bertz CT molecular complexity index is 1120. The first-order valence-corrected chi connectivity index (χ1v) is 12.2. The summed E-state index contributed by atoms with van der Waals surface area (Å²) in [6.45, 7) is 11.1. The van der Waals surface area contributed by atoms with E-state index in [0.29, 0.717) is 18.8 Å². The first-order valence-electron chi connectivity index (χ1n) is 12.2. The molecule has 0 radical (unpaired) electrons. The quantitative estimate of drug-likeness (QED) is 0.560. The molecule has 0 aliphatic carbocycles. The molecule has 1 aromatic heterocycles. The van der Waals surface area contributed by atoms with Gasteiger partial charge in [-0.25, -0.2) is 4.98 Å². The molecule has 2 aromatic carbocycles. The van der Waals surface area contributed by atoms with Crippen molar-refractivity contribution in [3.05, 3.63) is 65.7 Å². The summed E-state index contributed by atoms with van der Waals surface area (Å²) in [4.78, 5) is 23.0. The number of morpholine rings is 1. The van der Waals surface area contributed by atoms with E-state index in [0.717, 1.165) is 40.8 Å². The molecule has 1 amide bonds. The number of hydrogen-bond acceptors (Lipinski definition) is 5. The lowest BCUT2D eigenvalue weighted by Crippen LogP contribution is -2.42. The van der Waals surface area contributed by atoms with Gasteiger partial charge in [0.1, 0.15) is 0 Å². The molecular formula is C28H35N3O3. The second kappa shape index (κ2) is 10.6. The first-order chi connectivity index (χ1) is 16.4. The van der Waals surface area contributed by atoms with Crippen LogP contribution in [0.15, 0.2) is 54.6 Å². The molecule has 0 bridgehead atoms. The number of hydrogen-bond donors (Lipinski definition) is 1. The third-order valence-electron chi connectivity index (χ3n) is 6.52. The molecule has 4 rings (SSSR count). The molecule has 0 spiro atoms. The topological polar surface area (TPSA) is 65.9 Å². The van der Waals surface area contributed by atoms with E-state index in [-0.39, 0.29) is 30.6 Å². The van der Waals surface area contributed by atoms with Crippen molar-refractivity contribution < 1.29 is 14.6 Å². The fraction of sp³-hybridized carbons (Fsp3) is 0.429. The van der Waals surface area contributed by atoms with Crippen molar-refractivity contribution in [3.8, 4) is 11.3 Å². The average molecular weight is 462 g/mol. The van der Waals surface area contributed by atoms with Gasteiger partial charge in [-0.05, 0) is 51.5 Å². The van der Waals surface area contributed by atoms with Crippen LogP contribution < -0.4 is 0 Å². The number of nitrogens with zero attached hydrogens (tertiary/aromatic N) is 3. The number of aliphatic hydroxyl groups excluding tert-OH is 1. The monoisotopic (exact) mass is 461 g/mol. The number of ether oxygens (including phenoxy) is 1. The van der Waals surface area contributed by atoms with Crippen molar-refractivity contribution in [2.45, 2.75) is 45.8 Å². The molecule has 1 fully saturated rings. The maximum Gasteiger partial charge on any atom is 0.255 e. The van der Waals surface area contributed by atoms with Crippen LogP contribution in [0.5, 0.6) is 0 Å². The SMILES string of the molecule is CC(C)N(C(=O)c1cc(-c2ccccc2)nc2ccc(C(CO)N3CCOCC3)cc12)C(C)C. The van der Waals surface area contributed by atoms with Crippen molar-refractivity contribution in [1.82, 2.24) is 14.8 Å². The molecule has 6 nitrogen and oxygen atoms in total. The van der Waals surface area contributed by atoms with Gasteiger partial charge in [0.05, 0.1) is 42.6 Å². The molecule has 1 N–H and O–H groups in total. The molecule has 0 saturated carbocycles. The Morgan fingerprint density at radius 2 is 1.71 bits per heavy atom. The lowest BCUT2D eigenvalue weighted by Gasteiger charge is -2.34. The van der Waals surface area contributed by atoms with Crippen LogP contribution in [0.2, 0.25) is 0 Å². The number of carbonyl (C=O) groups is 1. The van der Waals surface area contributed by atoms with Gasteiger partial charge in [-0.15, -0.1) is 0 Å². The number of aromatic nitrogens is 1. The van der Waals surface area contributed by atoms with Gasteiger partial charge in [0.25, 0.3) is 5.91 Å². The number of fused-ring (bicyclic) bond motifs is 1. The smallest absolute Gasteiger partial charge is 0.255 e. The third kappa shape index (κ3) is 4.99. The number of benzene rings is 2. The fourth-order valence-electron chi connectivity index (χ4n) is 4.91. The van der Waals surface area contributed by atoms with E-state index in [1.54, 1.807) is 0 Å². The minimum Gasteiger partial charge on any atom is -0.394 e. The summed E-state index contributed by atoms with van der Waals surface area (Å²) in [5.74, 6) is -0.00125. The second-order valence-electron chi connectivity index (χ2n) is 9.44. The minimum absolute atomic E-state index is 0.00125. The Hall–Kier alpha value is -2.80. The first kappa shape index (κ1) is 24.3. The van der Waals surface area contributed by atoms with Crippen LogP contribution >= 0.6 is 0 Å². The maximum absolute atomic E-state index is 13.9. The highest BCUT2D eigenvalue weighted by molar-refractivity contribution is 6.07. The molecule has 6 heteroatoms. The zero-order valence-electron chi connectivity index (χ0n) is 20.6. The predicted octanol–water partition coefficient (Wildman–Crippen LogP) is 4.53. The van der Waals surface area contributed by atoms with Crippen molar-refractivity contribution >= 4 is 16.8 Å². The van der Waals surface area contributed by atoms with Crippen LogP contribution in [-0.2, 0) is 4.74 Å². The van der Waals surface area contributed by atoms with Crippen molar-refractivity contribution in [1.29, 1.82) is 0 Å². The number of amides is 1. The van der Waals surface area contributed by atoms with Gasteiger partial charge in [-0.1, -0.05) is 36.4 Å². The minimum atomic E-state index is -0.142. The van der Waals surface area contributed by atoms with Crippen molar-refractivity contribution in [3.63, 3.8) is 0 Å². The lowest BCUT2D eigenvalue weighted by molar-refractivity contribution is 0.00262. The molecule has 1 aliphatic heterocycles. The Kier molecular flexibility index (Phi) is 7.61. The Morgan fingerprint density at radius 1 is 1.03 bits per heavy atom. The van der Waals surface area contributed by atoms with E-state index in [9.17, 15) is 9.90 Å². The van der Waals surface area contributed by atoms with E-state index in [2.05, 4.69) is 4.90 Å². The third-order valence-corrected chi connectivity index (χ3v) is 6.52. The van der Waals surface area contributed by atoms with Gasteiger partial charge < -0.3 is 14.7 Å². The molecular weight excluding hydrogens is 426 g/mol. The molecule has 1 saturated heterocycles. The van der Waals surface area contributed by atoms with Gasteiger partial charge in [0.15, 0.2) is 0 Å². The summed E-state index contributed by atoms with van der Waals surface area (Å²) in [5.41, 5.74) is 4.17. The standard InChI is InChI=1S/C28H35N3O3/c1-19(2)31(20(3)4)28(33)24-17-26(21-8-6-5-7-9-21)29-25-11-10-22(16-23(24)25)27(18-32)30-12-14-34-15-13-30/h5-11,16-17,19-20,27,32H,12-15,18H2,1-4H3. The van der Waals surface area contributed by atoms with Crippen LogP contribution in [0.1, 0.15) is 49.7 Å². The average Bonchev–Trinajstić information content (AvgIpc) is 2.84. The summed E-state index contributed by atoms with van der Waals surface area (Å²) < 4.78 is 5.49. The van der Waals surface area contributed by atoms with Gasteiger partial charge in [-0.3, -0.25) is 9.69 Å². The highest BCUT2D eigenvalue weighted by Crippen LogP contribution is 2.31. The number of rotatable bonds is 7. The molecule has 34 heavy (non-hydrogen) atoms. The molecule has 2 heterocycles. The van der Waals surface area contributed by atoms with E-state index in [1.165, 1.54) is 0 Å². The highest BCUT2D eigenvalue weighted by Gasteiger charge is 2.26. The Labute approximate surface area is 202 Å². The number of pyridine rings is 1. The molecule has 1 aliphatic rings. The normalized spacial score (nSPS) is 15.7. The van der Waals surface area contributed by atoms with Crippen molar-refractivity contribution in [2.75, 3.05) is 32.9 Å². The van der Waals surface area contributed by atoms with Gasteiger partial charge in [0.2, 0.25) is 0 Å². The predicted molar refractivity (Wildman–Crippen MR) is 136 cm³/mol. The summed E-state index contributed by atoms with van der Waals surface area (Å²) in [7, 11) is 0. The van der Waals surface area contributed by atoms with Crippen LogP contribution in [0.4, 0.5) is 0 Å². The Balaban J connectivity index is 1.87. The summed E-state index contributed by atoms with van der Waals surface area (Å²) in [6.07, 6.45) is 0. The Morgan fingerprint density at radius 3 is 2.32 bits per heavy atom. The van der Waals surface area contributed by atoms with Gasteiger partial charge in [-0.2, -0.15) is 0 Å². The number of aliphatic hydroxyl groups is 1. The summed E-state index contributed by atoms with van der Waals surface area (Å²) in [6, 6.07) is 17.9. The van der Waals surface area contributed by atoms with E-state index in [1.807, 2.05) is 87.2 Å². The zero-order valence-corrected chi connectivity index (χ0v) is 20.6. The summed E-state index contributed by atoms with van der Waals surface area (Å²) in [5, 5.41) is 11.1. The second-order valence-corrected chi connectivity index (χ2v) is 9.44. The van der Waals surface area contributed by atoms with Crippen LogP contribution in [-0.4, -0.2) is 70.8 Å². The van der Waals surface area contributed by atoms with Gasteiger partial charge >= 0.3 is 0 Å². The molecule has 1 atom stereocenters. The van der Waals surface area contributed by atoms with E-state index in [4.69, 9.17) is 9.72 Å². The van der Waals surface area contributed by atoms with Crippen LogP contribution in [0.25, 0.3) is 22.2 Å². The largest absolute Gasteiger partial charge is 0.394 e. The zero-order chi connectivity index (χ0) is 24.2. The van der Waals surface area contributed by atoms with Gasteiger partial charge in [0, 0.05) is 36.1 Å². The lowest BCUT2D eigenvalue weighted by atomic mass is 9.97. The molecule has 3 aromatic rings. The van der Waals surface area contributed by atoms with E-state index >= 15 is 0 Å². The van der Waals surface area contributed by atoms with Crippen LogP contribution in [0, 0.1) is 0 Å². The summed E-state index contributed by atoms with van der Waals surface area (Å²) >= 11 is 0. The molecule has 1 unspecified atom stereocenters. The maximum atomic E-state index is 13.9. The number of carbonyl (C=O) groups excluding carboxylic acids is 1. The highest BCUT2D eigenvalue weighted by atomic mass is 16.5.